The van der Waals surface area contributed by atoms with Crippen LogP contribution < -0.4 is 10.1 Å². The van der Waals surface area contributed by atoms with E-state index in [-0.39, 0.29) is 12.1 Å². The van der Waals surface area contributed by atoms with E-state index in [0.29, 0.717) is 17.3 Å². The molecule has 2 aromatic rings. The summed E-state index contributed by atoms with van der Waals surface area (Å²) in [5, 5.41) is 7.49. The van der Waals surface area contributed by atoms with Crippen molar-refractivity contribution in [3.8, 4) is 5.75 Å². The van der Waals surface area contributed by atoms with Crippen molar-refractivity contribution in [3.63, 3.8) is 0 Å². The van der Waals surface area contributed by atoms with E-state index in [4.69, 9.17) is 9.47 Å². The molecule has 2 aliphatic rings. The number of aromatic nitrogens is 3. The average molecular weight is 354 g/mol. The maximum atomic E-state index is 13.1. The Morgan fingerprint density at radius 2 is 2.04 bits per heavy atom. The first kappa shape index (κ1) is 16.6. The van der Waals surface area contributed by atoms with Crippen LogP contribution in [-0.2, 0) is 9.53 Å². The maximum Gasteiger partial charge on any atom is 0.338 e. The van der Waals surface area contributed by atoms with Crippen molar-refractivity contribution < 1.29 is 14.3 Å². The van der Waals surface area contributed by atoms with Crippen LogP contribution in [-0.4, -0.2) is 33.9 Å². The molecule has 1 aromatic carbocycles. The zero-order chi connectivity index (χ0) is 18.1. The quantitative estimate of drug-likeness (QED) is 0.850. The number of rotatable bonds is 4. The minimum Gasteiger partial charge on any atom is -0.496 e. The number of nitrogens with one attached hydrogen (secondary N) is 1. The number of carbonyl (C=O) groups is 1. The molecule has 0 spiro atoms. The van der Waals surface area contributed by atoms with Crippen LogP contribution in [0.25, 0.3) is 0 Å². The van der Waals surface area contributed by atoms with Gasteiger partial charge >= 0.3 is 5.97 Å². The van der Waals surface area contributed by atoms with Crippen LogP contribution in [0.4, 0.5) is 5.95 Å². The molecule has 7 nitrogen and oxygen atoms in total. The molecule has 1 aromatic heterocycles. The van der Waals surface area contributed by atoms with Gasteiger partial charge in [-0.3, -0.25) is 0 Å². The highest BCUT2D eigenvalue weighted by molar-refractivity contribution is 5.92. The van der Waals surface area contributed by atoms with E-state index in [0.717, 1.165) is 36.9 Å². The lowest BCUT2D eigenvalue weighted by Gasteiger charge is -2.29. The first-order chi connectivity index (χ1) is 12.7. The van der Waals surface area contributed by atoms with Crippen molar-refractivity contribution in [1.29, 1.82) is 0 Å². The van der Waals surface area contributed by atoms with Crippen molar-refractivity contribution in [2.75, 3.05) is 12.4 Å². The molecule has 1 atom stereocenters. The van der Waals surface area contributed by atoms with Crippen LogP contribution in [0.2, 0.25) is 0 Å². The number of esters is 1. The Morgan fingerprint density at radius 1 is 1.27 bits per heavy atom. The summed E-state index contributed by atoms with van der Waals surface area (Å²) in [6.07, 6.45) is 5.55. The Bertz CT molecular complexity index is 852. The van der Waals surface area contributed by atoms with Crippen molar-refractivity contribution in [3.05, 3.63) is 47.4 Å². The van der Waals surface area contributed by atoms with E-state index in [2.05, 4.69) is 15.4 Å². The minimum atomic E-state index is -0.446. The predicted octanol–water partition coefficient (Wildman–Crippen LogP) is 3.06. The van der Waals surface area contributed by atoms with E-state index in [9.17, 15) is 4.79 Å². The predicted molar refractivity (Wildman–Crippen MR) is 95.8 cm³/mol. The van der Waals surface area contributed by atoms with E-state index in [1.165, 1.54) is 6.33 Å². The second kappa shape index (κ2) is 6.82. The van der Waals surface area contributed by atoms with E-state index < -0.39 is 6.04 Å². The topological polar surface area (TPSA) is 78.3 Å². The molecule has 7 heteroatoms. The Kier molecular flexibility index (Phi) is 4.36. The molecular weight excluding hydrogens is 332 g/mol. The fourth-order valence-corrected chi connectivity index (χ4v) is 3.76. The van der Waals surface area contributed by atoms with Crippen LogP contribution in [0, 0.1) is 0 Å². The van der Waals surface area contributed by atoms with Crippen LogP contribution >= 0.6 is 0 Å². The Balaban J connectivity index is 1.77. The second-order valence-corrected chi connectivity index (χ2v) is 6.65. The summed E-state index contributed by atoms with van der Waals surface area (Å²) < 4.78 is 13.0. The molecule has 0 amide bonds. The van der Waals surface area contributed by atoms with Crippen LogP contribution in [0.5, 0.6) is 5.75 Å². The third-order valence-corrected chi connectivity index (χ3v) is 5.02. The Labute approximate surface area is 152 Å². The summed E-state index contributed by atoms with van der Waals surface area (Å²) in [5.41, 5.74) is 2.12. The largest absolute Gasteiger partial charge is 0.496 e. The number of methoxy groups -OCH3 is 1. The number of allylic oxidation sites excluding steroid dienone is 1. The lowest BCUT2D eigenvalue weighted by atomic mass is 9.95. The third-order valence-electron chi connectivity index (χ3n) is 5.02. The molecule has 1 aliphatic carbocycles. The molecular formula is C19H22N4O3. The van der Waals surface area contributed by atoms with Gasteiger partial charge in [0, 0.05) is 11.3 Å². The highest BCUT2D eigenvalue weighted by Gasteiger charge is 2.37. The number of benzene rings is 1. The van der Waals surface area contributed by atoms with Gasteiger partial charge in [-0.25, -0.2) is 9.48 Å². The molecule has 0 saturated heterocycles. The van der Waals surface area contributed by atoms with E-state index >= 15 is 0 Å². The molecule has 0 unspecified atom stereocenters. The molecule has 4 rings (SSSR count). The van der Waals surface area contributed by atoms with Crippen molar-refractivity contribution in [2.24, 2.45) is 0 Å². The Morgan fingerprint density at radius 3 is 2.81 bits per heavy atom. The maximum absolute atomic E-state index is 13.1. The average Bonchev–Trinajstić information content (AvgIpc) is 3.31. The van der Waals surface area contributed by atoms with Gasteiger partial charge < -0.3 is 14.8 Å². The van der Waals surface area contributed by atoms with E-state index in [1.54, 1.807) is 11.8 Å². The van der Waals surface area contributed by atoms with Gasteiger partial charge in [-0.2, -0.15) is 10.1 Å². The fraction of sp³-hybridized carbons (Fsp3) is 0.421. The molecule has 26 heavy (non-hydrogen) atoms. The van der Waals surface area contributed by atoms with Crippen LogP contribution in [0.3, 0.4) is 0 Å². The summed E-state index contributed by atoms with van der Waals surface area (Å²) in [6.45, 7) is 1.87. The number of carbonyl (C=O) groups excluding carboxylic acids is 1. The molecule has 1 N–H and O–H groups in total. The van der Waals surface area contributed by atoms with Gasteiger partial charge in [0.25, 0.3) is 0 Å². The normalized spacial score (nSPS) is 19.8. The van der Waals surface area contributed by atoms with E-state index in [1.807, 2.05) is 31.2 Å². The lowest BCUT2D eigenvalue weighted by molar-refractivity contribution is -0.144. The molecule has 0 bridgehead atoms. The smallest absolute Gasteiger partial charge is 0.338 e. The van der Waals surface area contributed by atoms with Crippen molar-refractivity contribution in [2.45, 2.75) is 44.8 Å². The highest BCUT2D eigenvalue weighted by Crippen LogP contribution is 2.39. The number of anilines is 1. The molecule has 0 radical (unpaired) electrons. The second-order valence-electron chi connectivity index (χ2n) is 6.65. The number of para-hydroxylation sites is 1. The van der Waals surface area contributed by atoms with Gasteiger partial charge in [0.15, 0.2) is 0 Å². The SMILES string of the molecule is COc1ccccc1[C@H]1C(C(=O)OC2CCCC2)=C(C)Nc2ncnn21. The molecule has 136 valence electrons. The van der Waals surface area contributed by atoms with Gasteiger partial charge in [-0.1, -0.05) is 18.2 Å². The molecule has 1 saturated carbocycles. The monoisotopic (exact) mass is 354 g/mol. The summed E-state index contributed by atoms with van der Waals surface area (Å²) in [6, 6.07) is 7.20. The first-order valence-corrected chi connectivity index (χ1v) is 8.90. The standard InChI is InChI=1S/C19H22N4O3/c1-12-16(18(24)26-13-7-3-4-8-13)17(23-19(22-12)20-11-21-23)14-9-5-6-10-15(14)25-2/h5-6,9-11,13,17H,3-4,7-8H2,1-2H3,(H,20,21,22)/t17-/m0/s1. The van der Waals surface area contributed by atoms with Gasteiger partial charge in [0.05, 0.1) is 12.7 Å². The first-order valence-electron chi connectivity index (χ1n) is 8.90. The lowest BCUT2D eigenvalue weighted by Crippen LogP contribution is -2.31. The number of hydrogen-bond donors (Lipinski definition) is 1. The summed E-state index contributed by atoms with van der Waals surface area (Å²) >= 11 is 0. The molecule has 2 heterocycles. The minimum absolute atomic E-state index is 0.00161. The highest BCUT2D eigenvalue weighted by atomic mass is 16.5. The zero-order valence-electron chi connectivity index (χ0n) is 14.9. The number of ether oxygens (including phenoxy) is 2. The molecule has 1 fully saturated rings. The third kappa shape index (κ3) is 2.83. The summed E-state index contributed by atoms with van der Waals surface area (Å²) in [5.74, 6) is 0.981. The number of hydrogen-bond acceptors (Lipinski definition) is 6. The molecule has 1 aliphatic heterocycles. The van der Waals surface area contributed by atoms with Crippen molar-refractivity contribution in [1.82, 2.24) is 14.8 Å². The van der Waals surface area contributed by atoms with Crippen LogP contribution in [0.1, 0.15) is 44.2 Å². The van der Waals surface area contributed by atoms with Gasteiger partial charge in [-0.15, -0.1) is 0 Å². The summed E-state index contributed by atoms with van der Waals surface area (Å²) in [4.78, 5) is 17.3. The fourth-order valence-electron chi connectivity index (χ4n) is 3.76. The van der Waals surface area contributed by atoms with Crippen molar-refractivity contribution >= 4 is 11.9 Å². The Hall–Kier alpha value is -2.83. The number of fused-ring (bicyclic) bond motifs is 1. The summed E-state index contributed by atoms with van der Waals surface area (Å²) in [7, 11) is 1.62. The van der Waals surface area contributed by atoms with Gasteiger partial charge in [0.2, 0.25) is 5.95 Å². The van der Waals surface area contributed by atoms with Crippen LogP contribution in [0.15, 0.2) is 41.9 Å². The van der Waals surface area contributed by atoms with Gasteiger partial charge in [0.1, 0.15) is 24.2 Å². The zero-order valence-corrected chi connectivity index (χ0v) is 14.9. The van der Waals surface area contributed by atoms with Gasteiger partial charge in [-0.05, 0) is 38.7 Å². The number of nitrogens with zero attached hydrogens (tertiary/aromatic N) is 3.